The van der Waals surface area contributed by atoms with Crippen LogP contribution in [0.25, 0.3) is 11.0 Å². The van der Waals surface area contributed by atoms with Gasteiger partial charge >= 0.3 is 6.61 Å². The molecule has 0 amide bonds. The molecule has 106 valence electrons. The maximum Gasteiger partial charge on any atom is 0.387 e. The van der Waals surface area contributed by atoms with E-state index in [1.165, 1.54) is 24.3 Å². The lowest BCUT2D eigenvalue weighted by Crippen LogP contribution is -2.03. The van der Waals surface area contributed by atoms with Gasteiger partial charge in [0.2, 0.25) is 0 Å². The van der Waals surface area contributed by atoms with E-state index < -0.39 is 6.61 Å². The van der Waals surface area contributed by atoms with Gasteiger partial charge in [0.25, 0.3) is 0 Å². The molecule has 0 aliphatic heterocycles. The Kier molecular flexibility index (Phi) is 3.35. The van der Waals surface area contributed by atoms with E-state index in [1.807, 2.05) is 0 Å². The van der Waals surface area contributed by atoms with Crippen molar-refractivity contribution in [2.75, 3.05) is 0 Å². The Morgan fingerprint density at radius 1 is 1.19 bits per heavy atom. The molecular formula is C15H10F2N2O2. The smallest absolute Gasteiger partial charge is 0.387 e. The van der Waals surface area contributed by atoms with Crippen LogP contribution in [0.2, 0.25) is 0 Å². The molecule has 2 heterocycles. The standard InChI is InChI=1S/C15H10F2N2O2/c16-15(17)21-10-5-3-9(4-6-10)13(20)12-8-19-14-11(12)2-1-7-18-14/h1-8,15H,(H,18,19). The van der Waals surface area contributed by atoms with Crippen LogP contribution in [-0.4, -0.2) is 22.4 Å². The van der Waals surface area contributed by atoms with Gasteiger partial charge in [-0.05, 0) is 36.4 Å². The average molecular weight is 288 g/mol. The number of ether oxygens (including phenoxy) is 1. The minimum absolute atomic E-state index is 0.0159. The van der Waals surface area contributed by atoms with Crippen LogP contribution in [0.15, 0.2) is 48.8 Å². The van der Waals surface area contributed by atoms with Gasteiger partial charge in [0.15, 0.2) is 5.78 Å². The molecule has 0 unspecified atom stereocenters. The zero-order valence-electron chi connectivity index (χ0n) is 10.7. The first-order valence-electron chi connectivity index (χ1n) is 6.17. The van der Waals surface area contributed by atoms with E-state index in [0.717, 1.165) is 5.39 Å². The lowest BCUT2D eigenvalue weighted by atomic mass is 10.0. The SMILES string of the molecule is O=C(c1ccc(OC(F)F)cc1)c1c[nH]c2ncccc12. The van der Waals surface area contributed by atoms with Gasteiger partial charge in [-0.2, -0.15) is 8.78 Å². The summed E-state index contributed by atoms with van der Waals surface area (Å²) in [6.45, 7) is -2.88. The van der Waals surface area contributed by atoms with Gasteiger partial charge in [-0.1, -0.05) is 0 Å². The van der Waals surface area contributed by atoms with Crippen molar-refractivity contribution in [2.45, 2.75) is 6.61 Å². The summed E-state index contributed by atoms with van der Waals surface area (Å²) in [6.07, 6.45) is 3.22. The molecule has 0 bridgehead atoms. The van der Waals surface area contributed by atoms with E-state index in [4.69, 9.17) is 0 Å². The summed E-state index contributed by atoms with van der Waals surface area (Å²) >= 11 is 0. The van der Waals surface area contributed by atoms with Crippen LogP contribution < -0.4 is 4.74 Å². The molecule has 6 heteroatoms. The predicted octanol–water partition coefficient (Wildman–Crippen LogP) is 3.40. The molecule has 1 aromatic carbocycles. The average Bonchev–Trinajstić information content (AvgIpc) is 2.90. The van der Waals surface area contributed by atoms with Gasteiger partial charge in [-0.3, -0.25) is 4.79 Å². The number of hydrogen-bond acceptors (Lipinski definition) is 3. The minimum Gasteiger partial charge on any atom is -0.435 e. The Hall–Kier alpha value is -2.76. The second-order valence-electron chi connectivity index (χ2n) is 4.33. The molecule has 0 spiro atoms. The predicted molar refractivity (Wildman–Crippen MR) is 72.6 cm³/mol. The Labute approximate surface area is 118 Å². The zero-order valence-corrected chi connectivity index (χ0v) is 10.7. The van der Waals surface area contributed by atoms with E-state index >= 15 is 0 Å². The molecule has 0 saturated carbocycles. The summed E-state index contributed by atoms with van der Waals surface area (Å²) < 4.78 is 28.4. The van der Waals surface area contributed by atoms with Crippen molar-refractivity contribution in [3.8, 4) is 5.75 Å². The highest BCUT2D eigenvalue weighted by atomic mass is 19.3. The number of alkyl halides is 2. The fourth-order valence-corrected chi connectivity index (χ4v) is 2.09. The maximum atomic E-state index is 12.4. The number of hydrogen-bond donors (Lipinski definition) is 1. The fourth-order valence-electron chi connectivity index (χ4n) is 2.09. The van der Waals surface area contributed by atoms with Crippen LogP contribution in [0.4, 0.5) is 8.78 Å². The number of ketones is 1. The van der Waals surface area contributed by atoms with E-state index in [0.29, 0.717) is 16.8 Å². The number of carbonyl (C=O) groups is 1. The first-order valence-corrected chi connectivity index (χ1v) is 6.17. The first-order chi connectivity index (χ1) is 10.1. The molecule has 0 radical (unpaired) electrons. The minimum atomic E-state index is -2.88. The van der Waals surface area contributed by atoms with Crippen molar-refractivity contribution in [2.24, 2.45) is 0 Å². The van der Waals surface area contributed by atoms with Crippen LogP contribution in [0.1, 0.15) is 15.9 Å². The summed E-state index contributed by atoms with van der Waals surface area (Å²) in [5, 5.41) is 0.718. The van der Waals surface area contributed by atoms with E-state index in [1.54, 1.807) is 24.5 Å². The number of halogens is 2. The van der Waals surface area contributed by atoms with Crippen molar-refractivity contribution in [1.29, 1.82) is 0 Å². The Balaban J connectivity index is 1.91. The molecule has 1 N–H and O–H groups in total. The molecule has 0 aliphatic carbocycles. The number of H-pyrrole nitrogens is 1. The lowest BCUT2D eigenvalue weighted by Gasteiger charge is -2.05. The Morgan fingerprint density at radius 2 is 1.95 bits per heavy atom. The third-order valence-corrected chi connectivity index (χ3v) is 3.04. The Morgan fingerprint density at radius 3 is 2.67 bits per heavy atom. The first kappa shape index (κ1) is 13.2. The number of aromatic amines is 1. The summed E-state index contributed by atoms with van der Waals surface area (Å²) in [5.41, 5.74) is 1.50. The van der Waals surface area contributed by atoms with Gasteiger partial charge in [0.05, 0.1) is 0 Å². The Bertz CT molecular complexity index is 782. The number of fused-ring (bicyclic) bond motifs is 1. The van der Waals surface area contributed by atoms with Gasteiger partial charge in [0, 0.05) is 28.9 Å². The topological polar surface area (TPSA) is 55.0 Å². The molecule has 4 nitrogen and oxygen atoms in total. The van der Waals surface area contributed by atoms with Crippen LogP contribution >= 0.6 is 0 Å². The third kappa shape index (κ3) is 2.60. The highest BCUT2D eigenvalue weighted by Crippen LogP contribution is 2.21. The van der Waals surface area contributed by atoms with Gasteiger partial charge in [0.1, 0.15) is 11.4 Å². The lowest BCUT2D eigenvalue weighted by molar-refractivity contribution is -0.0498. The van der Waals surface area contributed by atoms with Crippen molar-refractivity contribution in [3.63, 3.8) is 0 Å². The summed E-state index contributed by atoms with van der Waals surface area (Å²) in [6, 6.07) is 9.12. The third-order valence-electron chi connectivity index (χ3n) is 3.04. The van der Waals surface area contributed by atoms with E-state index in [-0.39, 0.29) is 11.5 Å². The molecule has 0 saturated heterocycles. The van der Waals surface area contributed by atoms with Crippen molar-refractivity contribution >= 4 is 16.8 Å². The van der Waals surface area contributed by atoms with E-state index in [9.17, 15) is 13.6 Å². The number of benzene rings is 1. The van der Waals surface area contributed by atoms with E-state index in [2.05, 4.69) is 14.7 Å². The molecule has 3 rings (SSSR count). The van der Waals surface area contributed by atoms with Crippen molar-refractivity contribution in [1.82, 2.24) is 9.97 Å². The van der Waals surface area contributed by atoms with Gasteiger partial charge in [-0.15, -0.1) is 0 Å². The number of nitrogens with zero attached hydrogens (tertiary/aromatic N) is 1. The molecule has 2 aromatic heterocycles. The molecular weight excluding hydrogens is 278 g/mol. The summed E-state index contributed by atoms with van der Waals surface area (Å²) in [4.78, 5) is 19.5. The fraction of sp³-hybridized carbons (Fsp3) is 0.0667. The van der Waals surface area contributed by atoms with Crippen LogP contribution in [0.3, 0.4) is 0 Å². The maximum absolute atomic E-state index is 12.4. The number of pyridine rings is 1. The monoisotopic (exact) mass is 288 g/mol. The zero-order chi connectivity index (χ0) is 14.8. The summed E-state index contributed by atoms with van der Waals surface area (Å²) in [7, 11) is 0. The molecule has 21 heavy (non-hydrogen) atoms. The molecule has 0 fully saturated rings. The molecule has 0 aliphatic rings. The molecule has 0 atom stereocenters. The second-order valence-corrected chi connectivity index (χ2v) is 4.33. The number of rotatable bonds is 4. The van der Waals surface area contributed by atoms with Crippen LogP contribution in [0.5, 0.6) is 5.75 Å². The van der Waals surface area contributed by atoms with Crippen LogP contribution in [-0.2, 0) is 0 Å². The second kappa shape index (κ2) is 5.32. The van der Waals surface area contributed by atoms with Gasteiger partial charge in [-0.25, -0.2) is 4.98 Å². The highest BCUT2D eigenvalue weighted by molar-refractivity contribution is 6.15. The molecule has 3 aromatic rings. The normalized spacial score (nSPS) is 11.0. The largest absolute Gasteiger partial charge is 0.435 e. The van der Waals surface area contributed by atoms with Crippen LogP contribution in [0, 0.1) is 0 Å². The highest BCUT2D eigenvalue weighted by Gasteiger charge is 2.15. The van der Waals surface area contributed by atoms with Crippen molar-refractivity contribution in [3.05, 3.63) is 59.9 Å². The number of aromatic nitrogens is 2. The van der Waals surface area contributed by atoms with Gasteiger partial charge < -0.3 is 9.72 Å². The summed E-state index contributed by atoms with van der Waals surface area (Å²) in [5.74, 6) is -0.194. The quantitative estimate of drug-likeness (QED) is 0.749. The van der Waals surface area contributed by atoms with Crippen molar-refractivity contribution < 1.29 is 18.3 Å². The number of carbonyl (C=O) groups excluding carboxylic acids is 1. The number of nitrogens with one attached hydrogen (secondary N) is 1.